The predicted molar refractivity (Wildman–Crippen MR) is 126 cm³/mol. The third kappa shape index (κ3) is 3.96. The third-order valence-corrected chi connectivity index (χ3v) is 8.28. The summed E-state index contributed by atoms with van der Waals surface area (Å²) in [6, 6.07) is 8.11. The van der Waals surface area contributed by atoms with Crippen molar-refractivity contribution < 1.29 is 14.3 Å². The van der Waals surface area contributed by atoms with Crippen molar-refractivity contribution >= 4 is 11.8 Å². The lowest BCUT2D eigenvalue weighted by Crippen LogP contribution is -2.53. The summed E-state index contributed by atoms with van der Waals surface area (Å²) < 4.78 is 5.33. The smallest absolute Gasteiger partial charge is 0.253 e. The van der Waals surface area contributed by atoms with E-state index in [1.807, 2.05) is 21.9 Å². The minimum absolute atomic E-state index is 0.0382. The van der Waals surface area contributed by atoms with Crippen LogP contribution < -0.4 is 0 Å². The maximum Gasteiger partial charge on any atom is 0.253 e. The highest BCUT2D eigenvalue weighted by Gasteiger charge is 2.64. The molecule has 1 aromatic rings. The lowest BCUT2D eigenvalue weighted by Gasteiger charge is -2.47. The number of ether oxygens (including phenoxy) is 1. The molecule has 1 aromatic carbocycles. The highest BCUT2D eigenvalue weighted by atomic mass is 16.5. The number of fused-ring (bicyclic) bond motifs is 1. The molecule has 2 spiro atoms. The van der Waals surface area contributed by atoms with Crippen LogP contribution in [0.2, 0.25) is 0 Å². The lowest BCUT2D eigenvalue weighted by molar-refractivity contribution is -0.141. The first kappa shape index (κ1) is 23.2. The minimum atomic E-state index is -0.298. The fraction of sp³-hybridized carbons (Fsp3) is 0.692. The number of benzene rings is 1. The summed E-state index contributed by atoms with van der Waals surface area (Å²) in [7, 11) is 1.74. The van der Waals surface area contributed by atoms with E-state index in [2.05, 4.69) is 30.9 Å². The minimum Gasteiger partial charge on any atom is -0.383 e. The van der Waals surface area contributed by atoms with Gasteiger partial charge in [-0.1, -0.05) is 25.5 Å². The summed E-state index contributed by atoms with van der Waals surface area (Å²) >= 11 is 0. The number of carbonyl (C=O) groups is 2. The first-order valence-electron chi connectivity index (χ1n) is 12.4. The molecule has 6 nitrogen and oxygen atoms in total. The number of amides is 2. The van der Waals surface area contributed by atoms with Crippen molar-refractivity contribution in [3.8, 4) is 0 Å². The molecule has 0 aliphatic carbocycles. The number of carbonyl (C=O) groups excluding carboxylic acids is 2. The second-order valence-corrected chi connectivity index (χ2v) is 9.94. The Balaban J connectivity index is 1.49. The van der Waals surface area contributed by atoms with Crippen LogP contribution in [0.15, 0.2) is 24.3 Å². The Hall–Kier alpha value is -1.92. The van der Waals surface area contributed by atoms with Gasteiger partial charge in [-0.15, -0.1) is 0 Å². The van der Waals surface area contributed by atoms with Crippen molar-refractivity contribution in [2.24, 2.45) is 10.8 Å². The molecule has 3 heterocycles. The van der Waals surface area contributed by atoms with Gasteiger partial charge in [0.15, 0.2) is 0 Å². The summed E-state index contributed by atoms with van der Waals surface area (Å²) in [4.78, 5) is 33.2. The topological polar surface area (TPSA) is 53.1 Å². The molecule has 0 aromatic heterocycles. The maximum absolute atomic E-state index is 13.6. The molecule has 3 aliphatic rings. The maximum atomic E-state index is 13.6. The molecule has 3 saturated heterocycles. The van der Waals surface area contributed by atoms with Gasteiger partial charge in [0.2, 0.25) is 5.91 Å². The Morgan fingerprint density at radius 1 is 1.03 bits per heavy atom. The molecule has 6 heteroatoms. The van der Waals surface area contributed by atoms with E-state index in [0.29, 0.717) is 12.5 Å². The number of rotatable bonds is 7. The van der Waals surface area contributed by atoms with E-state index in [-0.39, 0.29) is 16.7 Å². The number of piperidine rings is 1. The van der Waals surface area contributed by atoms with Gasteiger partial charge in [0, 0.05) is 63.9 Å². The van der Waals surface area contributed by atoms with Crippen LogP contribution in [-0.2, 0) is 16.0 Å². The summed E-state index contributed by atoms with van der Waals surface area (Å²) in [5, 5.41) is 0. The van der Waals surface area contributed by atoms with Crippen LogP contribution in [0, 0.1) is 10.8 Å². The van der Waals surface area contributed by atoms with Crippen LogP contribution in [-0.4, -0.2) is 86.0 Å². The van der Waals surface area contributed by atoms with E-state index >= 15 is 0 Å². The van der Waals surface area contributed by atoms with Crippen molar-refractivity contribution in [2.45, 2.75) is 46.0 Å². The van der Waals surface area contributed by atoms with Crippen molar-refractivity contribution in [1.82, 2.24) is 14.7 Å². The summed E-state index contributed by atoms with van der Waals surface area (Å²) in [6.07, 6.45) is 4.90. The molecule has 0 N–H and O–H groups in total. The summed E-state index contributed by atoms with van der Waals surface area (Å²) in [6.45, 7) is 10.7. The molecule has 2 amide bonds. The van der Waals surface area contributed by atoms with E-state index in [0.717, 1.165) is 83.5 Å². The van der Waals surface area contributed by atoms with Gasteiger partial charge in [-0.3, -0.25) is 14.5 Å². The van der Waals surface area contributed by atoms with Crippen LogP contribution in [0.3, 0.4) is 0 Å². The Labute approximate surface area is 192 Å². The van der Waals surface area contributed by atoms with E-state index < -0.39 is 0 Å². The average molecular weight is 442 g/mol. The zero-order valence-electron chi connectivity index (χ0n) is 20.1. The highest BCUT2D eigenvalue weighted by molar-refractivity contribution is 5.94. The van der Waals surface area contributed by atoms with Crippen molar-refractivity contribution in [1.29, 1.82) is 0 Å². The van der Waals surface area contributed by atoms with Crippen LogP contribution in [0.25, 0.3) is 0 Å². The third-order valence-electron chi connectivity index (χ3n) is 8.28. The molecule has 176 valence electrons. The molecule has 0 saturated carbocycles. The Morgan fingerprint density at radius 3 is 2.34 bits per heavy atom. The highest BCUT2D eigenvalue weighted by Crippen LogP contribution is 2.57. The molecule has 3 fully saturated rings. The molecule has 0 radical (unpaired) electrons. The second-order valence-electron chi connectivity index (χ2n) is 9.94. The van der Waals surface area contributed by atoms with Crippen molar-refractivity contribution in [3.05, 3.63) is 35.4 Å². The number of nitrogens with zero attached hydrogens (tertiary/aromatic N) is 3. The molecular formula is C26H39N3O3. The normalized spacial score (nSPS) is 25.4. The summed E-state index contributed by atoms with van der Waals surface area (Å²) in [5.74, 6) is 0.463. The first-order chi connectivity index (χ1) is 15.5. The fourth-order valence-corrected chi connectivity index (χ4v) is 6.40. The zero-order chi connectivity index (χ0) is 22.8. The van der Waals surface area contributed by atoms with E-state index in [1.165, 1.54) is 5.56 Å². The number of likely N-dealkylation sites (tertiary alicyclic amines) is 3. The Kier molecular flexibility index (Phi) is 6.91. The van der Waals surface area contributed by atoms with Crippen molar-refractivity contribution in [3.63, 3.8) is 0 Å². The van der Waals surface area contributed by atoms with Gasteiger partial charge in [0.1, 0.15) is 0 Å². The fourth-order valence-electron chi connectivity index (χ4n) is 6.40. The van der Waals surface area contributed by atoms with Crippen LogP contribution >= 0.6 is 0 Å². The molecule has 4 rings (SSSR count). The molecule has 3 aliphatic heterocycles. The van der Waals surface area contributed by atoms with Gasteiger partial charge in [0.05, 0.1) is 12.0 Å². The molecule has 1 unspecified atom stereocenters. The standard InChI is InChI=1S/C26H39N3O3/c1-4-6-21-7-9-22(10-8-21)23(30)29-14-11-25(12-15-29)19-27(17-18-32-3)20-26(25)13-16-28(5-2)24(26)31/h7-10H,4-6,11-20H2,1-3H3. The van der Waals surface area contributed by atoms with Crippen LogP contribution in [0.4, 0.5) is 0 Å². The lowest BCUT2D eigenvalue weighted by atomic mass is 9.60. The van der Waals surface area contributed by atoms with E-state index in [9.17, 15) is 9.59 Å². The Bertz CT molecular complexity index is 816. The Morgan fingerprint density at radius 2 is 1.75 bits per heavy atom. The van der Waals surface area contributed by atoms with Gasteiger partial charge in [-0.2, -0.15) is 0 Å². The average Bonchev–Trinajstić information content (AvgIpc) is 3.30. The summed E-state index contributed by atoms with van der Waals surface area (Å²) in [5.41, 5.74) is 1.72. The van der Waals surface area contributed by atoms with Crippen LogP contribution in [0.5, 0.6) is 0 Å². The zero-order valence-corrected chi connectivity index (χ0v) is 20.1. The number of methoxy groups -OCH3 is 1. The molecule has 32 heavy (non-hydrogen) atoms. The largest absolute Gasteiger partial charge is 0.383 e. The van der Waals surface area contributed by atoms with Gasteiger partial charge in [-0.25, -0.2) is 0 Å². The number of aryl methyl sites for hydroxylation is 1. The number of hydrogen-bond donors (Lipinski definition) is 0. The van der Waals surface area contributed by atoms with Gasteiger partial charge in [-0.05, 0) is 50.3 Å². The van der Waals surface area contributed by atoms with E-state index in [1.54, 1.807) is 7.11 Å². The second kappa shape index (κ2) is 9.52. The monoisotopic (exact) mass is 441 g/mol. The SMILES string of the molecule is CCCc1ccc(C(=O)N2CCC3(CC2)CN(CCOC)CC32CCN(CC)C2=O)cc1. The molecule has 1 atom stereocenters. The van der Waals surface area contributed by atoms with Gasteiger partial charge in [0.25, 0.3) is 5.91 Å². The first-order valence-corrected chi connectivity index (χ1v) is 12.4. The quantitative estimate of drug-likeness (QED) is 0.653. The van der Waals surface area contributed by atoms with Gasteiger partial charge < -0.3 is 14.5 Å². The molecule has 0 bridgehead atoms. The van der Waals surface area contributed by atoms with E-state index in [4.69, 9.17) is 4.74 Å². The van der Waals surface area contributed by atoms with Crippen LogP contribution in [0.1, 0.15) is 55.5 Å². The predicted octanol–water partition coefficient (Wildman–Crippen LogP) is 3.06. The number of hydrogen-bond acceptors (Lipinski definition) is 4. The van der Waals surface area contributed by atoms with Crippen molar-refractivity contribution in [2.75, 3.05) is 59.5 Å². The van der Waals surface area contributed by atoms with Gasteiger partial charge >= 0.3 is 0 Å². The molecular weight excluding hydrogens is 402 g/mol.